The van der Waals surface area contributed by atoms with Gasteiger partial charge in [-0.2, -0.15) is 0 Å². The fraction of sp³-hybridized carbons (Fsp3) is 0.133. The number of hydrogen-bond donors (Lipinski definition) is 3. The van der Waals surface area contributed by atoms with Gasteiger partial charge >= 0.3 is 7.12 Å². The zero-order valence-electron chi connectivity index (χ0n) is 11.4. The fourth-order valence-electron chi connectivity index (χ4n) is 2.32. The Morgan fingerprint density at radius 1 is 1.29 bits per heavy atom. The second-order valence-corrected chi connectivity index (χ2v) is 4.89. The Morgan fingerprint density at radius 2 is 2.05 bits per heavy atom. The molecule has 1 heterocycles. The van der Waals surface area contributed by atoms with Gasteiger partial charge in [0, 0.05) is 11.0 Å². The summed E-state index contributed by atoms with van der Waals surface area (Å²) in [4.78, 5) is 0. The molecule has 6 heteroatoms. The Labute approximate surface area is 123 Å². The van der Waals surface area contributed by atoms with Crippen molar-refractivity contribution in [2.24, 2.45) is 5.73 Å². The van der Waals surface area contributed by atoms with Crippen molar-refractivity contribution >= 4 is 18.4 Å². The number of nitrogens with one attached hydrogen (secondary N) is 1. The summed E-state index contributed by atoms with van der Waals surface area (Å²) in [6.45, 7) is 0.780. The molecule has 2 aromatic rings. The van der Waals surface area contributed by atoms with Crippen LogP contribution in [0.15, 0.2) is 42.5 Å². The molecule has 0 aromatic heterocycles. The molecule has 3 rings (SSSR count). The molecular weight excluding hydrogens is 267 g/mol. The van der Waals surface area contributed by atoms with Gasteiger partial charge in [0.1, 0.15) is 18.2 Å². The predicted molar refractivity (Wildman–Crippen MR) is 80.6 cm³/mol. The minimum absolute atomic E-state index is 0.0450. The summed E-state index contributed by atoms with van der Waals surface area (Å²) in [5.74, 6) is 0.678. The number of fused-ring (bicyclic) bond motifs is 1. The number of ether oxygens (including phenoxy) is 1. The van der Waals surface area contributed by atoms with Crippen molar-refractivity contribution < 1.29 is 14.4 Å². The minimum atomic E-state index is -0.920. The van der Waals surface area contributed by atoms with Crippen LogP contribution in [0.3, 0.4) is 0 Å². The molecule has 106 valence electrons. The number of nitrogen functional groups attached to an aromatic ring is 1. The Bertz CT molecular complexity index is 673. The molecule has 0 fully saturated rings. The van der Waals surface area contributed by atoms with E-state index in [-0.39, 0.29) is 5.84 Å². The topological polar surface area (TPSA) is 88.6 Å². The lowest BCUT2D eigenvalue weighted by molar-refractivity contribution is 0.274. The molecule has 0 amide bonds. The molecule has 5 nitrogen and oxygen atoms in total. The summed E-state index contributed by atoms with van der Waals surface area (Å²) in [7, 11) is -0.920. The van der Waals surface area contributed by atoms with E-state index in [9.17, 15) is 5.02 Å². The lowest BCUT2D eigenvalue weighted by Gasteiger charge is -2.11. The van der Waals surface area contributed by atoms with Gasteiger partial charge in [0.2, 0.25) is 0 Å². The monoisotopic (exact) mass is 282 g/mol. The summed E-state index contributed by atoms with van der Waals surface area (Å²) in [6, 6.07) is 12.9. The van der Waals surface area contributed by atoms with Gasteiger partial charge in [-0.05, 0) is 17.2 Å². The molecule has 0 bridgehead atoms. The maximum atomic E-state index is 9.82. The summed E-state index contributed by atoms with van der Waals surface area (Å²) in [6.07, 6.45) is 0. The van der Waals surface area contributed by atoms with Gasteiger partial charge in [-0.25, -0.2) is 0 Å². The SMILES string of the molecule is N=C(N)c1ccc(COc2cccc3c2B(O)OC3)cc1. The van der Waals surface area contributed by atoms with Gasteiger partial charge in [-0.1, -0.05) is 36.4 Å². The average molecular weight is 282 g/mol. The third-order valence-corrected chi connectivity index (χ3v) is 3.46. The predicted octanol–water partition coefficient (Wildman–Crippen LogP) is 0.767. The van der Waals surface area contributed by atoms with Crippen molar-refractivity contribution in [1.29, 1.82) is 5.41 Å². The van der Waals surface area contributed by atoms with E-state index >= 15 is 0 Å². The molecule has 0 saturated carbocycles. The van der Waals surface area contributed by atoms with Gasteiger partial charge in [0.05, 0.1) is 6.61 Å². The lowest BCUT2D eigenvalue weighted by Crippen LogP contribution is -2.29. The summed E-state index contributed by atoms with van der Waals surface area (Å²) in [5, 5.41) is 17.2. The number of benzene rings is 2. The zero-order valence-corrected chi connectivity index (χ0v) is 11.4. The van der Waals surface area contributed by atoms with Gasteiger partial charge in [0.25, 0.3) is 0 Å². The quantitative estimate of drug-likeness (QED) is 0.439. The first-order valence-electron chi connectivity index (χ1n) is 6.63. The first-order valence-corrected chi connectivity index (χ1v) is 6.63. The molecule has 1 aliphatic rings. The summed E-state index contributed by atoms with van der Waals surface area (Å²) in [5.41, 5.74) is 8.72. The Hall–Kier alpha value is -2.31. The highest BCUT2D eigenvalue weighted by molar-refractivity contribution is 6.62. The van der Waals surface area contributed by atoms with Gasteiger partial charge in [0.15, 0.2) is 0 Å². The number of hydrogen-bond acceptors (Lipinski definition) is 4. The molecular formula is C15H15BN2O3. The van der Waals surface area contributed by atoms with Crippen LogP contribution in [-0.4, -0.2) is 18.0 Å². The van der Waals surface area contributed by atoms with Crippen LogP contribution in [0, 0.1) is 5.41 Å². The van der Waals surface area contributed by atoms with Gasteiger partial charge < -0.3 is 20.1 Å². The molecule has 0 atom stereocenters. The van der Waals surface area contributed by atoms with Crippen LogP contribution in [0.25, 0.3) is 0 Å². The van der Waals surface area contributed by atoms with Crippen LogP contribution >= 0.6 is 0 Å². The van der Waals surface area contributed by atoms with Crippen LogP contribution in [0.5, 0.6) is 5.75 Å². The third-order valence-electron chi connectivity index (χ3n) is 3.46. The van der Waals surface area contributed by atoms with Crippen LogP contribution in [0.4, 0.5) is 0 Å². The third kappa shape index (κ3) is 2.77. The molecule has 0 saturated heterocycles. The Morgan fingerprint density at radius 3 is 2.76 bits per heavy atom. The van der Waals surface area contributed by atoms with Gasteiger partial charge in [-0.15, -0.1) is 0 Å². The number of rotatable bonds is 4. The van der Waals surface area contributed by atoms with E-state index in [1.54, 1.807) is 12.1 Å². The molecule has 2 aromatic carbocycles. The van der Waals surface area contributed by atoms with E-state index in [4.69, 9.17) is 20.5 Å². The molecule has 4 N–H and O–H groups in total. The standard InChI is InChI=1S/C15H15BN2O3/c17-15(18)11-6-4-10(5-7-11)8-20-13-3-1-2-12-9-21-16(19)14(12)13/h1-7,19H,8-9H2,(H3,17,18). The molecule has 0 spiro atoms. The van der Waals surface area contributed by atoms with E-state index in [0.29, 0.717) is 30.0 Å². The Kier molecular flexibility index (Phi) is 3.64. The van der Waals surface area contributed by atoms with Crippen LogP contribution in [-0.2, 0) is 17.9 Å². The number of nitrogens with two attached hydrogens (primary N) is 1. The molecule has 0 radical (unpaired) electrons. The number of amidine groups is 1. The van der Waals surface area contributed by atoms with Crippen molar-refractivity contribution in [3.8, 4) is 5.75 Å². The highest BCUT2D eigenvalue weighted by Crippen LogP contribution is 2.19. The van der Waals surface area contributed by atoms with E-state index in [1.165, 1.54) is 0 Å². The second kappa shape index (κ2) is 5.59. The summed E-state index contributed by atoms with van der Waals surface area (Å²) < 4.78 is 11.0. The Balaban J connectivity index is 1.74. The van der Waals surface area contributed by atoms with Crippen molar-refractivity contribution in [2.75, 3.05) is 0 Å². The van der Waals surface area contributed by atoms with Crippen molar-refractivity contribution in [3.63, 3.8) is 0 Å². The lowest BCUT2D eigenvalue weighted by atomic mass is 9.79. The highest BCUT2D eigenvalue weighted by atomic mass is 16.5. The van der Waals surface area contributed by atoms with E-state index in [2.05, 4.69) is 0 Å². The highest BCUT2D eigenvalue weighted by Gasteiger charge is 2.30. The largest absolute Gasteiger partial charge is 0.495 e. The van der Waals surface area contributed by atoms with Crippen LogP contribution in [0.1, 0.15) is 16.7 Å². The fourth-order valence-corrected chi connectivity index (χ4v) is 2.32. The zero-order chi connectivity index (χ0) is 14.8. The van der Waals surface area contributed by atoms with Crippen molar-refractivity contribution in [1.82, 2.24) is 0 Å². The normalized spacial score (nSPS) is 13.1. The first-order chi connectivity index (χ1) is 10.1. The molecule has 0 unspecified atom stereocenters. The summed E-state index contributed by atoms with van der Waals surface area (Å²) >= 11 is 0. The van der Waals surface area contributed by atoms with E-state index < -0.39 is 7.12 Å². The smallest absolute Gasteiger partial charge is 0.489 e. The van der Waals surface area contributed by atoms with E-state index in [0.717, 1.165) is 11.1 Å². The average Bonchev–Trinajstić information content (AvgIpc) is 2.88. The maximum absolute atomic E-state index is 9.82. The minimum Gasteiger partial charge on any atom is -0.489 e. The van der Waals surface area contributed by atoms with Crippen LogP contribution in [0.2, 0.25) is 0 Å². The van der Waals surface area contributed by atoms with Gasteiger partial charge in [-0.3, -0.25) is 5.41 Å². The first kappa shape index (κ1) is 13.7. The molecule has 0 aliphatic carbocycles. The maximum Gasteiger partial charge on any atom is 0.495 e. The molecule has 21 heavy (non-hydrogen) atoms. The second-order valence-electron chi connectivity index (χ2n) is 4.89. The van der Waals surface area contributed by atoms with Crippen molar-refractivity contribution in [2.45, 2.75) is 13.2 Å². The van der Waals surface area contributed by atoms with E-state index in [1.807, 2.05) is 30.3 Å². The van der Waals surface area contributed by atoms with Crippen molar-refractivity contribution in [3.05, 3.63) is 59.2 Å². The molecule has 1 aliphatic heterocycles. The van der Waals surface area contributed by atoms with Crippen LogP contribution < -0.4 is 15.9 Å².